The standard InChI is InChI=1S/C19H14N4/c1-2-8-14-13(7-1)18-22-15-9-3-4-11-17(15)23(18)19(21-14)16-10-5-6-12-20-16/h1-12,19H,(H,21,22)/p+2. The summed E-state index contributed by atoms with van der Waals surface area (Å²) in [7, 11) is 0. The molecule has 0 saturated carbocycles. The molecule has 1 aliphatic heterocycles. The van der Waals surface area contributed by atoms with Crippen molar-refractivity contribution < 1.29 is 9.55 Å². The lowest BCUT2D eigenvalue weighted by atomic mass is 10.1. The van der Waals surface area contributed by atoms with Crippen LogP contribution in [0, 0.1) is 0 Å². The molecule has 0 saturated heterocycles. The molecule has 4 aromatic rings. The third-order valence-corrected chi connectivity index (χ3v) is 4.42. The molecule has 0 aliphatic carbocycles. The molecule has 4 nitrogen and oxygen atoms in total. The van der Waals surface area contributed by atoms with E-state index >= 15 is 0 Å². The third kappa shape index (κ3) is 1.78. The van der Waals surface area contributed by atoms with Crippen molar-refractivity contribution in [2.24, 2.45) is 0 Å². The summed E-state index contributed by atoms with van der Waals surface area (Å²) in [4.78, 5) is 6.95. The van der Waals surface area contributed by atoms with Crippen molar-refractivity contribution in [3.63, 3.8) is 0 Å². The van der Waals surface area contributed by atoms with Crippen molar-refractivity contribution in [3.05, 3.63) is 78.6 Å². The molecule has 1 aliphatic rings. The van der Waals surface area contributed by atoms with Gasteiger partial charge in [-0.1, -0.05) is 24.3 Å². The quantitative estimate of drug-likeness (QED) is 0.522. The van der Waals surface area contributed by atoms with Gasteiger partial charge in [-0.05, 0) is 30.3 Å². The van der Waals surface area contributed by atoms with E-state index in [1.54, 1.807) is 0 Å². The molecule has 3 N–H and O–H groups in total. The number of rotatable bonds is 1. The average Bonchev–Trinajstić information content (AvgIpc) is 3.02. The van der Waals surface area contributed by atoms with E-state index in [1.807, 2.05) is 12.3 Å². The number of hydrogen-bond acceptors (Lipinski definition) is 1. The van der Waals surface area contributed by atoms with E-state index in [0.29, 0.717) is 0 Å². The number of para-hydroxylation sites is 3. The van der Waals surface area contributed by atoms with Crippen molar-refractivity contribution in [2.75, 3.05) is 5.32 Å². The molecule has 23 heavy (non-hydrogen) atoms. The number of aromatic amines is 2. The first-order valence-corrected chi connectivity index (χ1v) is 7.76. The molecule has 1 unspecified atom stereocenters. The van der Waals surface area contributed by atoms with Crippen molar-refractivity contribution >= 4 is 16.7 Å². The van der Waals surface area contributed by atoms with Crippen molar-refractivity contribution in [1.82, 2.24) is 4.98 Å². The van der Waals surface area contributed by atoms with Crippen LogP contribution < -0.4 is 14.9 Å². The van der Waals surface area contributed by atoms with E-state index < -0.39 is 0 Å². The largest absolute Gasteiger partial charge is 0.337 e. The Kier molecular flexibility index (Phi) is 2.52. The summed E-state index contributed by atoms with van der Waals surface area (Å²) in [5.74, 6) is 1.13. The average molecular weight is 300 g/mol. The summed E-state index contributed by atoms with van der Waals surface area (Å²) < 4.78 is 2.32. The lowest BCUT2D eigenvalue weighted by Gasteiger charge is -2.22. The maximum absolute atomic E-state index is 3.66. The van der Waals surface area contributed by atoms with Gasteiger partial charge in [0.25, 0.3) is 12.0 Å². The second-order valence-corrected chi connectivity index (χ2v) is 5.77. The number of pyridine rings is 1. The summed E-state index contributed by atoms with van der Waals surface area (Å²) in [6, 6.07) is 23.0. The van der Waals surface area contributed by atoms with Gasteiger partial charge in [0.1, 0.15) is 0 Å². The van der Waals surface area contributed by atoms with E-state index in [9.17, 15) is 0 Å². The van der Waals surface area contributed by atoms with Crippen LogP contribution in [0.15, 0.2) is 72.9 Å². The molecule has 110 valence electrons. The topological polar surface area (TPSA) is 45.8 Å². The normalized spacial score (nSPS) is 15.7. The molecule has 4 heteroatoms. The summed E-state index contributed by atoms with van der Waals surface area (Å²) in [6.07, 6.45) is 1.99. The highest BCUT2D eigenvalue weighted by Crippen LogP contribution is 2.33. The highest BCUT2D eigenvalue weighted by Gasteiger charge is 2.36. The molecule has 3 heterocycles. The Labute approximate surface area is 133 Å². The van der Waals surface area contributed by atoms with Crippen LogP contribution in [0.3, 0.4) is 0 Å². The minimum atomic E-state index is 0.0252. The number of H-pyrrole nitrogens is 2. The molecule has 0 radical (unpaired) electrons. The predicted molar refractivity (Wildman–Crippen MR) is 88.7 cm³/mol. The third-order valence-electron chi connectivity index (χ3n) is 4.42. The highest BCUT2D eigenvalue weighted by molar-refractivity contribution is 5.80. The Morgan fingerprint density at radius 2 is 1.70 bits per heavy atom. The molecule has 0 bridgehead atoms. The Bertz CT molecular complexity index is 1000. The van der Waals surface area contributed by atoms with Gasteiger partial charge in [-0.25, -0.2) is 9.97 Å². The fraction of sp³-hybridized carbons (Fsp3) is 0.0526. The minimum absolute atomic E-state index is 0.0252. The number of nitrogens with one attached hydrogen (secondary N) is 3. The molecule has 2 aromatic heterocycles. The van der Waals surface area contributed by atoms with Crippen LogP contribution in [-0.4, -0.2) is 4.98 Å². The van der Waals surface area contributed by atoms with Crippen LogP contribution in [0.4, 0.5) is 5.69 Å². The van der Waals surface area contributed by atoms with Crippen LogP contribution in [-0.2, 0) is 0 Å². The lowest BCUT2D eigenvalue weighted by Crippen LogP contribution is -2.50. The van der Waals surface area contributed by atoms with Gasteiger partial charge in [0, 0.05) is 12.1 Å². The van der Waals surface area contributed by atoms with Crippen LogP contribution >= 0.6 is 0 Å². The van der Waals surface area contributed by atoms with Gasteiger partial charge in [0.2, 0.25) is 5.69 Å². The van der Waals surface area contributed by atoms with Crippen molar-refractivity contribution in [3.8, 4) is 11.4 Å². The van der Waals surface area contributed by atoms with E-state index in [-0.39, 0.29) is 6.17 Å². The molecule has 0 spiro atoms. The number of nitrogens with zero attached hydrogens (tertiary/aromatic N) is 1. The van der Waals surface area contributed by atoms with Gasteiger partial charge in [-0.15, -0.1) is 0 Å². The smallest absolute Gasteiger partial charge is 0.291 e. The van der Waals surface area contributed by atoms with E-state index in [2.05, 4.69) is 80.5 Å². The zero-order chi connectivity index (χ0) is 15.2. The molecule has 2 aromatic carbocycles. The minimum Gasteiger partial charge on any atom is -0.337 e. The van der Waals surface area contributed by atoms with Crippen LogP contribution in [0.25, 0.3) is 22.4 Å². The summed E-state index contributed by atoms with van der Waals surface area (Å²) in [5, 5.41) is 3.66. The number of aromatic nitrogens is 3. The first kappa shape index (κ1) is 12.4. The second-order valence-electron chi connectivity index (χ2n) is 5.77. The molecular formula is C19H16N4+2. The van der Waals surface area contributed by atoms with Crippen LogP contribution in [0.1, 0.15) is 11.9 Å². The van der Waals surface area contributed by atoms with E-state index in [0.717, 1.165) is 22.7 Å². The van der Waals surface area contributed by atoms with Gasteiger partial charge < -0.3 is 5.32 Å². The summed E-state index contributed by atoms with van der Waals surface area (Å²) in [5.41, 5.74) is 5.78. The number of benzene rings is 2. The van der Waals surface area contributed by atoms with E-state index in [1.165, 1.54) is 11.1 Å². The monoisotopic (exact) mass is 300 g/mol. The van der Waals surface area contributed by atoms with Gasteiger partial charge in [0.05, 0.1) is 11.3 Å². The molecule has 1 atom stereocenters. The van der Waals surface area contributed by atoms with Gasteiger partial charge in [-0.3, -0.25) is 0 Å². The first-order valence-electron chi connectivity index (χ1n) is 7.76. The Morgan fingerprint density at radius 1 is 0.870 bits per heavy atom. The molecule has 5 rings (SSSR count). The number of fused-ring (bicyclic) bond motifs is 5. The molecular weight excluding hydrogens is 284 g/mol. The fourth-order valence-corrected chi connectivity index (χ4v) is 3.38. The van der Waals surface area contributed by atoms with Gasteiger partial charge in [-0.2, -0.15) is 4.57 Å². The SMILES string of the molecule is c1ccc(C2Nc3ccccc3-c3[nH]c4ccccc4[n+]32)[nH+]c1. The van der Waals surface area contributed by atoms with Gasteiger partial charge >= 0.3 is 0 Å². The maximum Gasteiger partial charge on any atom is 0.291 e. The van der Waals surface area contributed by atoms with E-state index in [4.69, 9.17) is 0 Å². The fourth-order valence-electron chi connectivity index (χ4n) is 3.38. The molecule has 0 fully saturated rings. The van der Waals surface area contributed by atoms with Crippen LogP contribution in [0.2, 0.25) is 0 Å². The maximum atomic E-state index is 3.66. The highest BCUT2D eigenvalue weighted by atomic mass is 15.3. The lowest BCUT2D eigenvalue weighted by molar-refractivity contribution is -0.685. The predicted octanol–water partition coefficient (Wildman–Crippen LogP) is 2.91. The van der Waals surface area contributed by atoms with Crippen molar-refractivity contribution in [1.29, 1.82) is 0 Å². The summed E-state index contributed by atoms with van der Waals surface area (Å²) >= 11 is 0. The number of anilines is 1. The Balaban J connectivity index is 1.85. The number of hydrogen-bond donors (Lipinski definition) is 2. The molecule has 0 amide bonds. The van der Waals surface area contributed by atoms with Crippen LogP contribution in [0.5, 0.6) is 0 Å². The first-order chi connectivity index (χ1) is 11.4. The van der Waals surface area contributed by atoms with Gasteiger partial charge in [0.15, 0.2) is 17.2 Å². The Hall–Kier alpha value is -3.14. The zero-order valence-corrected chi connectivity index (χ0v) is 12.5. The summed E-state index contributed by atoms with van der Waals surface area (Å²) in [6.45, 7) is 0. The van der Waals surface area contributed by atoms with Crippen molar-refractivity contribution in [2.45, 2.75) is 6.17 Å². The Morgan fingerprint density at radius 3 is 2.61 bits per heavy atom. The second kappa shape index (κ2) is 4.68. The zero-order valence-electron chi connectivity index (χ0n) is 12.5. The number of imidazole rings is 1.